The fraction of sp³-hybridized carbons (Fsp3) is 0.263. The van der Waals surface area contributed by atoms with Gasteiger partial charge < -0.3 is 9.72 Å². The maximum Gasteiger partial charge on any atom is 0.254 e. The normalized spacial score (nSPS) is 14.0. The van der Waals surface area contributed by atoms with E-state index in [0.29, 0.717) is 41.7 Å². The molecule has 0 saturated heterocycles. The van der Waals surface area contributed by atoms with Crippen LogP contribution in [0.4, 0.5) is 0 Å². The molecule has 1 N–H and O–H groups in total. The minimum absolute atomic E-state index is 0.0992. The molecule has 1 aliphatic heterocycles. The van der Waals surface area contributed by atoms with Crippen molar-refractivity contribution in [1.82, 2.24) is 24.8 Å². The number of aromatic nitrogens is 4. The number of hydrogen-bond donors (Lipinski definition) is 1. The highest BCUT2D eigenvalue weighted by atomic mass is 35.5. The summed E-state index contributed by atoms with van der Waals surface area (Å²) in [5.41, 5.74) is 3.09. The van der Waals surface area contributed by atoms with Crippen LogP contribution in [0.25, 0.3) is 11.4 Å². The van der Waals surface area contributed by atoms with Gasteiger partial charge in [0.1, 0.15) is 17.9 Å². The number of ether oxygens (including phenoxy) is 1. The summed E-state index contributed by atoms with van der Waals surface area (Å²) in [5.74, 6) is 1.15. The Morgan fingerprint density at radius 3 is 2.89 bits per heavy atom. The first kappa shape index (κ1) is 17.6. The van der Waals surface area contributed by atoms with E-state index in [1.807, 2.05) is 18.2 Å². The number of aromatic amines is 1. The van der Waals surface area contributed by atoms with Crippen LogP contribution in [-0.2, 0) is 19.5 Å². The van der Waals surface area contributed by atoms with Crippen LogP contribution in [0.15, 0.2) is 41.7 Å². The lowest BCUT2D eigenvalue weighted by atomic mass is 10.1. The van der Waals surface area contributed by atoms with Crippen LogP contribution in [-0.4, -0.2) is 38.5 Å². The molecule has 8 heteroatoms. The van der Waals surface area contributed by atoms with Crippen molar-refractivity contribution >= 4 is 11.6 Å². The third-order valence-corrected chi connectivity index (χ3v) is 5.07. The van der Waals surface area contributed by atoms with Gasteiger partial charge >= 0.3 is 0 Å². The molecule has 2 aromatic heterocycles. The van der Waals surface area contributed by atoms with E-state index < -0.39 is 0 Å². The number of nitrogens with one attached hydrogen (secondary N) is 1. The van der Waals surface area contributed by atoms with Crippen molar-refractivity contribution in [3.8, 4) is 17.1 Å². The molecule has 3 heterocycles. The van der Waals surface area contributed by atoms with Crippen molar-refractivity contribution in [2.75, 3.05) is 13.7 Å². The minimum atomic E-state index is -0.0992. The predicted molar refractivity (Wildman–Crippen MR) is 102 cm³/mol. The average Bonchev–Trinajstić information content (AvgIpc) is 2.70. The monoisotopic (exact) mass is 383 g/mol. The number of halogens is 1. The summed E-state index contributed by atoms with van der Waals surface area (Å²) in [4.78, 5) is 30.2. The summed E-state index contributed by atoms with van der Waals surface area (Å²) in [6, 6.07) is 5.75. The van der Waals surface area contributed by atoms with Crippen molar-refractivity contribution in [2.45, 2.75) is 19.5 Å². The number of nitrogens with zero attached hydrogens (tertiary/aromatic N) is 4. The molecule has 0 aliphatic carbocycles. The van der Waals surface area contributed by atoms with E-state index in [2.05, 4.69) is 24.8 Å². The van der Waals surface area contributed by atoms with Crippen LogP contribution < -0.4 is 10.3 Å². The second-order valence-corrected chi connectivity index (χ2v) is 6.74. The van der Waals surface area contributed by atoms with E-state index in [-0.39, 0.29) is 5.56 Å². The molecule has 0 saturated carbocycles. The van der Waals surface area contributed by atoms with Crippen molar-refractivity contribution in [2.24, 2.45) is 0 Å². The molecule has 27 heavy (non-hydrogen) atoms. The fourth-order valence-electron chi connectivity index (χ4n) is 3.26. The topological polar surface area (TPSA) is 84.0 Å². The Morgan fingerprint density at radius 1 is 1.30 bits per heavy atom. The van der Waals surface area contributed by atoms with Crippen LogP contribution >= 0.6 is 11.6 Å². The van der Waals surface area contributed by atoms with Gasteiger partial charge in [-0.05, 0) is 18.1 Å². The van der Waals surface area contributed by atoms with E-state index in [1.165, 1.54) is 6.33 Å². The lowest BCUT2D eigenvalue weighted by Gasteiger charge is -2.28. The van der Waals surface area contributed by atoms with E-state index in [9.17, 15) is 4.79 Å². The van der Waals surface area contributed by atoms with Crippen molar-refractivity contribution in [3.05, 3.63) is 69.1 Å². The fourth-order valence-corrected chi connectivity index (χ4v) is 3.53. The molecule has 1 aliphatic rings. The maximum absolute atomic E-state index is 12.5. The maximum atomic E-state index is 12.5. The highest BCUT2D eigenvalue weighted by molar-refractivity contribution is 6.32. The molecule has 0 fully saturated rings. The molecule has 0 radical (unpaired) electrons. The first-order chi connectivity index (χ1) is 13.2. The van der Waals surface area contributed by atoms with Gasteiger partial charge in [-0.25, -0.2) is 15.0 Å². The number of H-pyrrole nitrogens is 1. The molecule has 1 aromatic carbocycles. The third kappa shape index (κ3) is 3.56. The van der Waals surface area contributed by atoms with Crippen LogP contribution in [0.5, 0.6) is 5.75 Å². The summed E-state index contributed by atoms with van der Waals surface area (Å²) in [6.07, 6.45) is 5.35. The van der Waals surface area contributed by atoms with E-state index in [1.54, 1.807) is 19.5 Å². The van der Waals surface area contributed by atoms with E-state index in [0.717, 1.165) is 23.4 Å². The Balaban J connectivity index is 1.61. The molecule has 138 valence electrons. The first-order valence-electron chi connectivity index (χ1n) is 8.57. The molecular weight excluding hydrogens is 366 g/mol. The molecular formula is C19H18ClN5O2. The molecule has 0 bridgehead atoms. The van der Waals surface area contributed by atoms with Gasteiger partial charge in [-0.1, -0.05) is 23.7 Å². The zero-order valence-electron chi connectivity index (χ0n) is 14.8. The number of benzene rings is 1. The number of methoxy groups -OCH3 is 1. The third-order valence-electron chi connectivity index (χ3n) is 4.64. The molecule has 3 aromatic rings. The largest absolute Gasteiger partial charge is 0.495 e. The van der Waals surface area contributed by atoms with Gasteiger partial charge in [0.25, 0.3) is 5.56 Å². The van der Waals surface area contributed by atoms with Gasteiger partial charge in [0.05, 0.1) is 23.4 Å². The smallest absolute Gasteiger partial charge is 0.254 e. The highest BCUT2D eigenvalue weighted by Gasteiger charge is 2.22. The zero-order chi connectivity index (χ0) is 18.8. The first-order valence-corrected chi connectivity index (χ1v) is 8.94. The molecule has 7 nitrogen and oxygen atoms in total. The van der Waals surface area contributed by atoms with E-state index in [4.69, 9.17) is 16.3 Å². The Bertz CT molecular complexity index is 1020. The number of fused-ring (bicyclic) bond motifs is 1. The molecule has 0 atom stereocenters. The van der Waals surface area contributed by atoms with Crippen LogP contribution in [0.2, 0.25) is 5.02 Å². The van der Waals surface area contributed by atoms with E-state index >= 15 is 0 Å². The quantitative estimate of drug-likeness (QED) is 0.745. The van der Waals surface area contributed by atoms with Crippen LogP contribution in [0, 0.1) is 0 Å². The van der Waals surface area contributed by atoms with Crippen molar-refractivity contribution in [3.63, 3.8) is 0 Å². The standard InChI is InChI=1S/C19H18ClN5O2/c1-27-16-4-2-3-12(17(16)20)9-25-6-5-14-15(10-25)23-18(24-19(14)26)13-7-21-11-22-8-13/h2-4,7-8,11H,5-6,9-10H2,1H3,(H,23,24,26). The van der Waals surface area contributed by atoms with Gasteiger partial charge in [-0.3, -0.25) is 9.69 Å². The van der Waals surface area contributed by atoms with Crippen molar-refractivity contribution < 1.29 is 4.74 Å². The highest BCUT2D eigenvalue weighted by Crippen LogP contribution is 2.29. The lowest BCUT2D eigenvalue weighted by Crippen LogP contribution is -2.35. The summed E-state index contributed by atoms with van der Waals surface area (Å²) < 4.78 is 5.29. The van der Waals surface area contributed by atoms with Gasteiger partial charge in [-0.2, -0.15) is 0 Å². The number of rotatable bonds is 4. The predicted octanol–water partition coefficient (Wildman–Crippen LogP) is 2.45. The number of hydrogen-bond acceptors (Lipinski definition) is 6. The van der Waals surface area contributed by atoms with Crippen molar-refractivity contribution in [1.29, 1.82) is 0 Å². The Labute approximate surface area is 161 Å². The Kier molecular flexibility index (Phi) is 4.87. The SMILES string of the molecule is COc1cccc(CN2CCc3c(nc(-c4cncnc4)[nH]c3=O)C2)c1Cl. The Hall–Kier alpha value is -2.77. The second kappa shape index (κ2) is 7.46. The second-order valence-electron chi connectivity index (χ2n) is 6.36. The molecule has 0 spiro atoms. The van der Waals surface area contributed by atoms with Gasteiger partial charge in [-0.15, -0.1) is 0 Å². The molecule has 0 amide bonds. The summed E-state index contributed by atoms with van der Waals surface area (Å²) in [6.45, 7) is 2.00. The van der Waals surface area contributed by atoms with Gasteiger partial charge in [0.2, 0.25) is 0 Å². The lowest BCUT2D eigenvalue weighted by molar-refractivity contribution is 0.240. The van der Waals surface area contributed by atoms with Crippen LogP contribution in [0.3, 0.4) is 0 Å². The zero-order valence-corrected chi connectivity index (χ0v) is 15.5. The summed E-state index contributed by atoms with van der Waals surface area (Å²) in [7, 11) is 1.60. The minimum Gasteiger partial charge on any atom is -0.495 e. The van der Waals surface area contributed by atoms with Gasteiger partial charge in [0.15, 0.2) is 0 Å². The summed E-state index contributed by atoms with van der Waals surface area (Å²) >= 11 is 6.42. The Morgan fingerprint density at radius 2 is 2.11 bits per heavy atom. The molecule has 4 rings (SSSR count). The average molecular weight is 384 g/mol. The summed E-state index contributed by atoms with van der Waals surface area (Å²) in [5, 5.41) is 0.617. The van der Waals surface area contributed by atoms with Gasteiger partial charge in [0, 0.05) is 37.6 Å². The van der Waals surface area contributed by atoms with Crippen LogP contribution in [0.1, 0.15) is 16.8 Å². The molecule has 0 unspecified atom stereocenters.